The van der Waals surface area contributed by atoms with Gasteiger partial charge in [0.25, 0.3) is 0 Å². The second-order valence-corrected chi connectivity index (χ2v) is 6.56. The molecule has 0 saturated heterocycles. The number of rotatable bonds is 5. The van der Waals surface area contributed by atoms with Crippen LogP contribution in [0.4, 0.5) is 0 Å². The molecule has 1 amide bonds. The number of carbonyl (C=O) groups excluding carboxylic acids is 1. The summed E-state index contributed by atoms with van der Waals surface area (Å²) in [6.07, 6.45) is 6.63. The zero-order chi connectivity index (χ0) is 15.4. The molecule has 3 N–H and O–H groups in total. The maximum atomic E-state index is 12.3. The van der Waals surface area contributed by atoms with E-state index in [9.17, 15) is 4.79 Å². The molecule has 1 aliphatic rings. The molecule has 0 aromatic carbocycles. The number of amides is 1. The molecule has 2 aromatic heterocycles. The van der Waals surface area contributed by atoms with Crippen LogP contribution in [0.2, 0.25) is 0 Å². The Kier molecular flexibility index (Phi) is 8.62. The molecule has 24 heavy (non-hydrogen) atoms. The molecule has 0 bridgehead atoms. The molecule has 0 unspecified atom stereocenters. The molecule has 1 saturated carbocycles. The molecule has 0 aliphatic heterocycles. The van der Waals surface area contributed by atoms with E-state index < -0.39 is 0 Å². The molecule has 0 radical (unpaired) electrons. The van der Waals surface area contributed by atoms with E-state index in [2.05, 4.69) is 15.3 Å². The van der Waals surface area contributed by atoms with Crippen LogP contribution in [0, 0.1) is 11.8 Å². The molecule has 5 nitrogen and oxygen atoms in total. The molecule has 1 fully saturated rings. The van der Waals surface area contributed by atoms with E-state index in [4.69, 9.17) is 5.73 Å². The van der Waals surface area contributed by atoms with Gasteiger partial charge in [0.15, 0.2) is 0 Å². The van der Waals surface area contributed by atoms with Gasteiger partial charge in [-0.3, -0.25) is 9.78 Å². The van der Waals surface area contributed by atoms with Crippen LogP contribution in [0.5, 0.6) is 0 Å². The first-order valence-electron chi connectivity index (χ1n) is 7.60. The Morgan fingerprint density at radius 2 is 2.04 bits per heavy atom. The lowest BCUT2D eigenvalue weighted by molar-refractivity contribution is -0.126. The minimum atomic E-state index is 0. The fourth-order valence-corrected chi connectivity index (χ4v) is 3.75. The van der Waals surface area contributed by atoms with Gasteiger partial charge in [-0.1, -0.05) is 6.42 Å². The summed E-state index contributed by atoms with van der Waals surface area (Å²) < 4.78 is 0. The van der Waals surface area contributed by atoms with Gasteiger partial charge >= 0.3 is 0 Å². The number of carbonyl (C=O) groups is 1. The van der Waals surface area contributed by atoms with Gasteiger partial charge in [-0.15, -0.1) is 36.2 Å². The number of nitrogens with two attached hydrogens (primary N) is 1. The average Bonchev–Trinajstić information content (AvgIpc) is 3.22. The number of hydrogen-bond donors (Lipinski definition) is 2. The summed E-state index contributed by atoms with van der Waals surface area (Å²) >= 11 is 1.56. The SMILES string of the molecule is Cl.Cl.NC[C@H]1CCC[C@H]1C(=O)NCc1nc(-c2ccncc2)cs1. The van der Waals surface area contributed by atoms with Gasteiger partial charge in [-0.25, -0.2) is 4.98 Å². The highest BCUT2D eigenvalue weighted by atomic mass is 35.5. The van der Waals surface area contributed by atoms with Crippen LogP contribution >= 0.6 is 36.2 Å². The normalized spacial score (nSPS) is 19.2. The lowest BCUT2D eigenvalue weighted by Crippen LogP contribution is -2.34. The number of aromatic nitrogens is 2. The Balaban J connectivity index is 0.00000144. The summed E-state index contributed by atoms with van der Waals surface area (Å²) in [5.74, 6) is 0.530. The molecular formula is C16H22Cl2N4OS. The minimum absolute atomic E-state index is 0. The van der Waals surface area contributed by atoms with Crippen molar-refractivity contribution in [2.45, 2.75) is 25.8 Å². The molecule has 2 atom stereocenters. The Morgan fingerprint density at radius 3 is 2.75 bits per heavy atom. The van der Waals surface area contributed by atoms with E-state index in [1.54, 1.807) is 23.7 Å². The monoisotopic (exact) mass is 388 g/mol. The van der Waals surface area contributed by atoms with Gasteiger partial charge in [0.05, 0.1) is 12.2 Å². The van der Waals surface area contributed by atoms with E-state index in [0.29, 0.717) is 19.0 Å². The van der Waals surface area contributed by atoms with E-state index in [1.807, 2.05) is 17.5 Å². The predicted octanol–water partition coefficient (Wildman–Crippen LogP) is 3.04. The topological polar surface area (TPSA) is 80.9 Å². The summed E-state index contributed by atoms with van der Waals surface area (Å²) in [5, 5.41) is 5.94. The summed E-state index contributed by atoms with van der Waals surface area (Å²) in [4.78, 5) is 20.8. The van der Waals surface area contributed by atoms with Gasteiger partial charge in [-0.05, 0) is 37.4 Å². The van der Waals surface area contributed by atoms with E-state index in [1.165, 1.54) is 0 Å². The van der Waals surface area contributed by atoms with Crippen molar-refractivity contribution in [3.63, 3.8) is 0 Å². The van der Waals surface area contributed by atoms with Crippen molar-refractivity contribution in [1.29, 1.82) is 0 Å². The predicted molar refractivity (Wildman–Crippen MR) is 102 cm³/mol. The number of halogens is 2. The van der Waals surface area contributed by atoms with Gasteiger partial charge in [0.2, 0.25) is 5.91 Å². The third-order valence-electron chi connectivity index (χ3n) is 4.24. The molecule has 8 heteroatoms. The second-order valence-electron chi connectivity index (χ2n) is 5.61. The standard InChI is InChI=1S/C16H20N4OS.2ClH/c17-8-12-2-1-3-13(12)16(21)19-9-15-20-14(10-22-15)11-4-6-18-7-5-11;;/h4-7,10,12-13H,1-3,8-9,17H2,(H,19,21);2*1H/t12-,13-;;/m1../s1. The quantitative estimate of drug-likeness (QED) is 0.824. The zero-order valence-corrected chi connectivity index (χ0v) is 15.6. The number of hydrogen-bond acceptors (Lipinski definition) is 5. The summed E-state index contributed by atoms with van der Waals surface area (Å²) in [7, 11) is 0. The average molecular weight is 389 g/mol. The maximum Gasteiger partial charge on any atom is 0.223 e. The van der Waals surface area contributed by atoms with Crippen molar-refractivity contribution in [2.24, 2.45) is 17.6 Å². The molecule has 3 rings (SSSR count). The Bertz CT molecular complexity index is 638. The second kappa shape index (κ2) is 9.93. The summed E-state index contributed by atoms with van der Waals surface area (Å²) in [5.41, 5.74) is 7.71. The Morgan fingerprint density at radius 1 is 1.29 bits per heavy atom. The molecule has 2 heterocycles. The highest BCUT2D eigenvalue weighted by molar-refractivity contribution is 7.09. The fourth-order valence-electron chi connectivity index (χ4n) is 3.01. The molecule has 1 aliphatic carbocycles. The van der Waals surface area contributed by atoms with Crippen LogP contribution in [0.25, 0.3) is 11.3 Å². The van der Waals surface area contributed by atoms with Crippen molar-refractivity contribution in [1.82, 2.24) is 15.3 Å². The highest BCUT2D eigenvalue weighted by Crippen LogP contribution is 2.31. The lowest BCUT2D eigenvalue weighted by Gasteiger charge is -2.16. The first kappa shape index (κ1) is 20.8. The van der Waals surface area contributed by atoms with Gasteiger partial charge in [-0.2, -0.15) is 0 Å². The van der Waals surface area contributed by atoms with Crippen molar-refractivity contribution in [3.05, 3.63) is 34.9 Å². The van der Waals surface area contributed by atoms with Crippen molar-refractivity contribution >= 4 is 42.1 Å². The third-order valence-corrected chi connectivity index (χ3v) is 5.09. The van der Waals surface area contributed by atoms with Crippen molar-refractivity contribution in [3.8, 4) is 11.3 Å². The number of pyridine rings is 1. The minimum Gasteiger partial charge on any atom is -0.349 e. The molecule has 2 aromatic rings. The van der Waals surface area contributed by atoms with E-state index >= 15 is 0 Å². The highest BCUT2D eigenvalue weighted by Gasteiger charge is 2.31. The third kappa shape index (κ3) is 4.89. The van der Waals surface area contributed by atoms with E-state index in [0.717, 1.165) is 35.5 Å². The van der Waals surface area contributed by atoms with Crippen LogP contribution in [-0.4, -0.2) is 22.4 Å². The van der Waals surface area contributed by atoms with Crippen LogP contribution in [-0.2, 0) is 11.3 Å². The maximum absolute atomic E-state index is 12.3. The Hall–Kier alpha value is -1.21. The first-order chi connectivity index (χ1) is 10.8. The number of nitrogens with zero attached hydrogens (tertiary/aromatic N) is 2. The van der Waals surface area contributed by atoms with Gasteiger partial charge < -0.3 is 11.1 Å². The van der Waals surface area contributed by atoms with Crippen molar-refractivity contribution in [2.75, 3.05) is 6.54 Å². The van der Waals surface area contributed by atoms with Crippen LogP contribution < -0.4 is 11.1 Å². The van der Waals surface area contributed by atoms with Gasteiger partial charge in [0, 0.05) is 29.3 Å². The summed E-state index contributed by atoms with van der Waals surface area (Å²) in [6.45, 7) is 1.09. The lowest BCUT2D eigenvalue weighted by atomic mass is 9.95. The van der Waals surface area contributed by atoms with Crippen LogP contribution in [0.3, 0.4) is 0 Å². The smallest absolute Gasteiger partial charge is 0.223 e. The van der Waals surface area contributed by atoms with Crippen LogP contribution in [0.15, 0.2) is 29.9 Å². The largest absolute Gasteiger partial charge is 0.349 e. The number of thiazole rings is 1. The Labute approximate surface area is 158 Å². The van der Waals surface area contributed by atoms with E-state index in [-0.39, 0.29) is 36.6 Å². The summed E-state index contributed by atoms with van der Waals surface area (Å²) in [6, 6.07) is 3.86. The number of nitrogens with one attached hydrogen (secondary N) is 1. The molecule has 0 spiro atoms. The van der Waals surface area contributed by atoms with Gasteiger partial charge in [0.1, 0.15) is 5.01 Å². The van der Waals surface area contributed by atoms with Crippen LogP contribution in [0.1, 0.15) is 24.3 Å². The fraction of sp³-hybridized carbons (Fsp3) is 0.438. The zero-order valence-electron chi connectivity index (χ0n) is 13.2. The first-order valence-corrected chi connectivity index (χ1v) is 8.48. The van der Waals surface area contributed by atoms with Crippen molar-refractivity contribution < 1.29 is 4.79 Å². The molecule has 132 valence electrons. The molecular weight excluding hydrogens is 367 g/mol.